The summed E-state index contributed by atoms with van der Waals surface area (Å²) in [5.74, 6) is 1.57. The lowest BCUT2D eigenvalue weighted by Gasteiger charge is -2.06. The van der Waals surface area contributed by atoms with Gasteiger partial charge in [0.1, 0.15) is 11.5 Å². The lowest BCUT2D eigenvalue weighted by Crippen LogP contribution is -1.89. The van der Waals surface area contributed by atoms with Crippen molar-refractivity contribution in [1.29, 1.82) is 0 Å². The molecule has 0 fully saturated rings. The van der Waals surface area contributed by atoms with E-state index < -0.39 is 0 Å². The van der Waals surface area contributed by atoms with Crippen molar-refractivity contribution in [3.05, 3.63) is 72.8 Å². The van der Waals surface area contributed by atoms with Crippen LogP contribution in [0.15, 0.2) is 72.8 Å². The van der Waals surface area contributed by atoms with Crippen LogP contribution in [0, 0.1) is 0 Å². The number of nitrogens with zero attached hydrogens (tertiary/aromatic N) is 2. The molecule has 4 rings (SSSR count). The predicted octanol–water partition coefficient (Wildman–Crippen LogP) is 4.58. The van der Waals surface area contributed by atoms with Crippen LogP contribution in [0.2, 0.25) is 0 Å². The SMILES string of the molecule is c1ccc(Oc2ccc3nc4ccccc4nc3c2)cc1. The molecule has 1 aromatic heterocycles. The fourth-order valence-electron chi connectivity index (χ4n) is 2.29. The Kier molecular flexibility index (Phi) is 2.75. The van der Waals surface area contributed by atoms with Gasteiger partial charge in [-0.2, -0.15) is 0 Å². The molecule has 3 heteroatoms. The molecular weight excluding hydrogens is 260 g/mol. The van der Waals surface area contributed by atoms with E-state index in [4.69, 9.17) is 4.74 Å². The molecular formula is C18H12N2O. The van der Waals surface area contributed by atoms with E-state index in [1.165, 1.54) is 0 Å². The van der Waals surface area contributed by atoms with E-state index in [0.29, 0.717) is 0 Å². The zero-order valence-corrected chi connectivity index (χ0v) is 11.2. The zero-order chi connectivity index (χ0) is 14.1. The van der Waals surface area contributed by atoms with Gasteiger partial charge in [-0.05, 0) is 36.4 Å². The minimum atomic E-state index is 0.762. The highest BCUT2D eigenvalue weighted by atomic mass is 16.5. The Morgan fingerprint density at radius 1 is 0.524 bits per heavy atom. The predicted molar refractivity (Wildman–Crippen MR) is 83.6 cm³/mol. The fraction of sp³-hybridized carbons (Fsp3) is 0. The summed E-state index contributed by atoms with van der Waals surface area (Å²) in [6.07, 6.45) is 0. The summed E-state index contributed by atoms with van der Waals surface area (Å²) in [4.78, 5) is 9.25. The number of para-hydroxylation sites is 3. The van der Waals surface area contributed by atoms with Gasteiger partial charge in [0.15, 0.2) is 0 Å². The summed E-state index contributed by atoms with van der Waals surface area (Å²) in [6.45, 7) is 0. The van der Waals surface area contributed by atoms with Gasteiger partial charge in [-0.25, -0.2) is 9.97 Å². The van der Waals surface area contributed by atoms with Gasteiger partial charge < -0.3 is 4.74 Å². The van der Waals surface area contributed by atoms with E-state index in [-0.39, 0.29) is 0 Å². The number of fused-ring (bicyclic) bond motifs is 2. The molecule has 1 heterocycles. The van der Waals surface area contributed by atoms with Crippen LogP contribution in [-0.2, 0) is 0 Å². The number of ether oxygens (including phenoxy) is 1. The van der Waals surface area contributed by atoms with Gasteiger partial charge in [-0.15, -0.1) is 0 Å². The first kappa shape index (κ1) is 11.9. The van der Waals surface area contributed by atoms with Crippen LogP contribution in [0.25, 0.3) is 22.1 Å². The maximum Gasteiger partial charge on any atom is 0.129 e. The van der Waals surface area contributed by atoms with Crippen molar-refractivity contribution < 1.29 is 4.74 Å². The Hall–Kier alpha value is -2.94. The van der Waals surface area contributed by atoms with Crippen molar-refractivity contribution in [3.8, 4) is 11.5 Å². The third-order valence-corrected chi connectivity index (χ3v) is 3.29. The quantitative estimate of drug-likeness (QED) is 0.501. The Morgan fingerprint density at radius 3 is 1.90 bits per heavy atom. The molecule has 4 aromatic rings. The standard InChI is InChI=1S/C18H12N2O/c1-2-6-13(7-3-1)21-14-10-11-17-18(12-14)20-16-9-5-4-8-15(16)19-17/h1-12H. The normalized spacial score (nSPS) is 10.9. The van der Waals surface area contributed by atoms with E-state index in [0.717, 1.165) is 33.6 Å². The average Bonchev–Trinajstić information content (AvgIpc) is 2.54. The Labute approximate surface area is 121 Å². The Morgan fingerprint density at radius 2 is 1.14 bits per heavy atom. The lowest BCUT2D eigenvalue weighted by atomic mass is 10.2. The van der Waals surface area contributed by atoms with Gasteiger partial charge in [-0.1, -0.05) is 30.3 Å². The number of hydrogen-bond acceptors (Lipinski definition) is 3. The zero-order valence-electron chi connectivity index (χ0n) is 11.2. The van der Waals surface area contributed by atoms with Gasteiger partial charge in [0.05, 0.1) is 22.1 Å². The second kappa shape index (κ2) is 4.87. The van der Waals surface area contributed by atoms with Crippen LogP contribution in [0.4, 0.5) is 0 Å². The summed E-state index contributed by atoms with van der Waals surface area (Å²) >= 11 is 0. The van der Waals surface area contributed by atoms with Crippen LogP contribution in [-0.4, -0.2) is 9.97 Å². The molecule has 0 spiro atoms. The maximum absolute atomic E-state index is 5.83. The molecule has 0 unspecified atom stereocenters. The van der Waals surface area contributed by atoms with Gasteiger partial charge in [0.2, 0.25) is 0 Å². The monoisotopic (exact) mass is 272 g/mol. The number of benzene rings is 3. The highest BCUT2D eigenvalue weighted by Crippen LogP contribution is 2.25. The van der Waals surface area contributed by atoms with Crippen LogP contribution in [0.3, 0.4) is 0 Å². The highest BCUT2D eigenvalue weighted by Gasteiger charge is 2.03. The second-order valence-corrected chi connectivity index (χ2v) is 4.78. The summed E-state index contributed by atoms with van der Waals surface area (Å²) in [6, 6.07) is 23.4. The molecule has 100 valence electrons. The summed E-state index contributed by atoms with van der Waals surface area (Å²) < 4.78 is 5.83. The smallest absolute Gasteiger partial charge is 0.129 e. The minimum Gasteiger partial charge on any atom is -0.457 e. The Bertz CT molecular complexity index is 920. The van der Waals surface area contributed by atoms with Crippen LogP contribution < -0.4 is 4.74 Å². The van der Waals surface area contributed by atoms with Crippen molar-refractivity contribution in [2.45, 2.75) is 0 Å². The largest absolute Gasteiger partial charge is 0.457 e. The topological polar surface area (TPSA) is 35.0 Å². The van der Waals surface area contributed by atoms with Gasteiger partial charge in [0, 0.05) is 6.07 Å². The van der Waals surface area contributed by atoms with E-state index in [1.54, 1.807) is 0 Å². The van der Waals surface area contributed by atoms with Gasteiger partial charge in [0.25, 0.3) is 0 Å². The molecule has 0 amide bonds. The number of aromatic nitrogens is 2. The van der Waals surface area contributed by atoms with Crippen molar-refractivity contribution in [2.75, 3.05) is 0 Å². The third-order valence-electron chi connectivity index (χ3n) is 3.29. The molecule has 0 saturated heterocycles. The van der Waals surface area contributed by atoms with Gasteiger partial charge >= 0.3 is 0 Å². The van der Waals surface area contributed by atoms with Crippen molar-refractivity contribution in [3.63, 3.8) is 0 Å². The first-order valence-electron chi connectivity index (χ1n) is 6.78. The molecule has 0 saturated carbocycles. The maximum atomic E-state index is 5.83. The van der Waals surface area contributed by atoms with Crippen molar-refractivity contribution in [1.82, 2.24) is 9.97 Å². The molecule has 0 radical (unpaired) electrons. The minimum absolute atomic E-state index is 0.762. The third kappa shape index (κ3) is 2.30. The lowest BCUT2D eigenvalue weighted by molar-refractivity contribution is 0.483. The molecule has 21 heavy (non-hydrogen) atoms. The first-order valence-corrected chi connectivity index (χ1v) is 6.78. The molecule has 0 bridgehead atoms. The van der Waals surface area contributed by atoms with E-state index >= 15 is 0 Å². The fourth-order valence-corrected chi connectivity index (χ4v) is 2.29. The summed E-state index contributed by atoms with van der Waals surface area (Å²) in [7, 11) is 0. The van der Waals surface area contributed by atoms with E-state index in [2.05, 4.69) is 9.97 Å². The first-order chi connectivity index (χ1) is 10.4. The summed E-state index contributed by atoms with van der Waals surface area (Å²) in [5, 5.41) is 0. The van der Waals surface area contributed by atoms with Crippen LogP contribution in [0.1, 0.15) is 0 Å². The molecule has 3 nitrogen and oxygen atoms in total. The second-order valence-electron chi connectivity index (χ2n) is 4.78. The summed E-state index contributed by atoms with van der Waals surface area (Å²) in [5.41, 5.74) is 3.50. The molecule has 0 aliphatic heterocycles. The molecule has 3 aromatic carbocycles. The van der Waals surface area contributed by atoms with E-state index in [9.17, 15) is 0 Å². The molecule has 0 atom stereocenters. The van der Waals surface area contributed by atoms with Crippen LogP contribution in [0.5, 0.6) is 11.5 Å². The molecule has 0 aliphatic carbocycles. The average molecular weight is 272 g/mol. The van der Waals surface area contributed by atoms with Crippen molar-refractivity contribution >= 4 is 22.1 Å². The Balaban J connectivity index is 1.80. The number of rotatable bonds is 2. The van der Waals surface area contributed by atoms with Crippen LogP contribution >= 0.6 is 0 Å². The van der Waals surface area contributed by atoms with E-state index in [1.807, 2.05) is 72.8 Å². The van der Waals surface area contributed by atoms with Gasteiger partial charge in [-0.3, -0.25) is 0 Å². The number of hydrogen-bond donors (Lipinski definition) is 0. The molecule has 0 N–H and O–H groups in total. The molecule has 0 aliphatic rings. The van der Waals surface area contributed by atoms with Crippen molar-refractivity contribution in [2.24, 2.45) is 0 Å². The highest BCUT2D eigenvalue weighted by molar-refractivity contribution is 5.86.